The van der Waals surface area contributed by atoms with Gasteiger partial charge < -0.3 is 4.90 Å². The molecular formula is C11H14N4O. The fourth-order valence-electron chi connectivity index (χ4n) is 1.32. The number of hydrogen-bond donors (Lipinski definition) is 0. The van der Waals surface area contributed by atoms with E-state index in [1.54, 1.807) is 11.8 Å². The molecule has 0 radical (unpaired) electrons. The highest BCUT2D eigenvalue weighted by atomic mass is 16.2. The molecule has 0 aliphatic heterocycles. The molecular weight excluding hydrogens is 204 g/mol. The maximum Gasteiger partial charge on any atom is 0.257 e. The number of amides is 1. The molecule has 1 rings (SSSR count). The van der Waals surface area contributed by atoms with Crippen molar-refractivity contribution < 1.29 is 4.79 Å². The molecule has 0 saturated heterocycles. The minimum Gasteiger partial charge on any atom is -0.338 e. The Morgan fingerprint density at radius 3 is 2.69 bits per heavy atom. The van der Waals surface area contributed by atoms with Crippen LogP contribution in [0.2, 0.25) is 0 Å². The third-order valence-corrected chi connectivity index (χ3v) is 2.19. The van der Waals surface area contributed by atoms with Gasteiger partial charge in [0.15, 0.2) is 0 Å². The molecule has 1 unspecified atom stereocenters. The van der Waals surface area contributed by atoms with Crippen molar-refractivity contribution >= 4 is 5.91 Å². The van der Waals surface area contributed by atoms with Crippen molar-refractivity contribution in [2.24, 2.45) is 5.92 Å². The zero-order chi connectivity index (χ0) is 12.0. The number of hydrogen-bond acceptors (Lipinski definition) is 4. The number of carbonyl (C=O) groups excluding carboxylic acids is 1. The van der Waals surface area contributed by atoms with Crippen molar-refractivity contribution in [1.82, 2.24) is 14.9 Å². The molecule has 0 fully saturated rings. The quantitative estimate of drug-likeness (QED) is 0.758. The second-order valence-electron chi connectivity index (χ2n) is 3.50. The summed E-state index contributed by atoms with van der Waals surface area (Å²) >= 11 is 0. The van der Waals surface area contributed by atoms with Crippen LogP contribution in [-0.2, 0) is 0 Å². The molecule has 0 bridgehead atoms. The first-order chi connectivity index (χ1) is 7.69. The second kappa shape index (κ2) is 5.81. The van der Waals surface area contributed by atoms with E-state index in [-0.39, 0.29) is 11.8 Å². The van der Waals surface area contributed by atoms with Gasteiger partial charge in [-0.05, 0) is 13.8 Å². The first-order valence-electron chi connectivity index (χ1n) is 5.13. The van der Waals surface area contributed by atoms with Gasteiger partial charge in [-0.1, -0.05) is 0 Å². The van der Waals surface area contributed by atoms with Crippen LogP contribution in [0.3, 0.4) is 0 Å². The lowest BCUT2D eigenvalue weighted by Gasteiger charge is -2.21. The van der Waals surface area contributed by atoms with Crippen molar-refractivity contribution in [2.45, 2.75) is 13.8 Å². The molecule has 0 N–H and O–H groups in total. The number of rotatable bonds is 4. The number of carbonyl (C=O) groups is 1. The fourth-order valence-corrected chi connectivity index (χ4v) is 1.32. The average molecular weight is 218 g/mol. The predicted molar refractivity (Wildman–Crippen MR) is 58.4 cm³/mol. The SMILES string of the molecule is CCN(CC(C)C#N)C(=O)c1cncnc1. The third kappa shape index (κ3) is 3.02. The second-order valence-corrected chi connectivity index (χ2v) is 3.50. The van der Waals surface area contributed by atoms with E-state index in [1.807, 2.05) is 6.92 Å². The maximum absolute atomic E-state index is 12.0. The lowest BCUT2D eigenvalue weighted by molar-refractivity contribution is 0.0752. The number of nitriles is 1. The summed E-state index contributed by atoms with van der Waals surface area (Å²) in [6, 6.07) is 2.11. The minimum absolute atomic E-state index is 0.134. The first kappa shape index (κ1) is 12.1. The van der Waals surface area contributed by atoms with Crippen LogP contribution in [0.4, 0.5) is 0 Å². The summed E-state index contributed by atoms with van der Waals surface area (Å²) in [5.74, 6) is -0.307. The predicted octanol–water partition coefficient (Wildman–Crippen LogP) is 1.10. The average Bonchev–Trinajstić information content (AvgIpc) is 2.35. The Morgan fingerprint density at radius 1 is 1.56 bits per heavy atom. The highest BCUT2D eigenvalue weighted by Gasteiger charge is 2.16. The van der Waals surface area contributed by atoms with Crippen LogP contribution in [0.5, 0.6) is 0 Å². The zero-order valence-electron chi connectivity index (χ0n) is 9.42. The Kier molecular flexibility index (Phi) is 4.40. The van der Waals surface area contributed by atoms with Crippen molar-refractivity contribution in [1.29, 1.82) is 5.26 Å². The Morgan fingerprint density at radius 2 is 2.19 bits per heavy atom. The van der Waals surface area contributed by atoms with Gasteiger partial charge in [0.05, 0.1) is 17.6 Å². The first-order valence-corrected chi connectivity index (χ1v) is 5.13. The van der Waals surface area contributed by atoms with Gasteiger partial charge in [0.2, 0.25) is 0 Å². The smallest absolute Gasteiger partial charge is 0.257 e. The van der Waals surface area contributed by atoms with Gasteiger partial charge in [-0.2, -0.15) is 5.26 Å². The van der Waals surface area contributed by atoms with Gasteiger partial charge >= 0.3 is 0 Å². The monoisotopic (exact) mass is 218 g/mol. The molecule has 5 heteroatoms. The molecule has 16 heavy (non-hydrogen) atoms. The van der Waals surface area contributed by atoms with Gasteiger partial charge in [0, 0.05) is 25.5 Å². The molecule has 5 nitrogen and oxygen atoms in total. The zero-order valence-corrected chi connectivity index (χ0v) is 9.42. The summed E-state index contributed by atoms with van der Waals surface area (Å²) in [6.45, 7) is 4.67. The van der Waals surface area contributed by atoms with E-state index in [9.17, 15) is 4.79 Å². The number of nitrogens with zero attached hydrogens (tertiary/aromatic N) is 4. The van der Waals surface area contributed by atoms with E-state index in [2.05, 4.69) is 16.0 Å². The highest BCUT2D eigenvalue weighted by Crippen LogP contribution is 2.05. The Labute approximate surface area is 94.7 Å². The summed E-state index contributed by atoms with van der Waals surface area (Å²) in [5.41, 5.74) is 0.453. The summed E-state index contributed by atoms with van der Waals surface area (Å²) in [4.78, 5) is 21.2. The van der Waals surface area contributed by atoms with Crippen LogP contribution in [-0.4, -0.2) is 33.9 Å². The summed E-state index contributed by atoms with van der Waals surface area (Å²) in [5, 5.41) is 8.72. The van der Waals surface area contributed by atoms with Crippen molar-refractivity contribution in [3.05, 3.63) is 24.3 Å². The van der Waals surface area contributed by atoms with Gasteiger partial charge in [-0.25, -0.2) is 9.97 Å². The molecule has 84 valence electrons. The fraction of sp³-hybridized carbons (Fsp3) is 0.455. The molecule has 0 aromatic carbocycles. The van der Waals surface area contributed by atoms with E-state index in [0.29, 0.717) is 18.7 Å². The Bertz CT molecular complexity index is 385. The minimum atomic E-state index is -0.173. The van der Waals surface area contributed by atoms with E-state index in [4.69, 9.17) is 5.26 Å². The molecule has 1 atom stereocenters. The third-order valence-electron chi connectivity index (χ3n) is 2.19. The summed E-state index contributed by atoms with van der Waals surface area (Å²) in [6.07, 6.45) is 4.34. The van der Waals surface area contributed by atoms with Crippen LogP contribution >= 0.6 is 0 Å². The molecule has 0 saturated carbocycles. The van der Waals surface area contributed by atoms with Gasteiger partial charge in [-0.3, -0.25) is 4.79 Å². The normalized spacial score (nSPS) is 11.6. The van der Waals surface area contributed by atoms with Gasteiger partial charge in [0.25, 0.3) is 5.91 Å². The maximum atomic E-state index is 12.0. The topological polar surface area (TPSA) is 69.9 Å². The lowest BCUT2D eigenvalue weighted by atomic mass is 10.2. The van der Waals surface area contributed by atoms with Gasteiger partial charge in [0.1, 0.15) is 6.33 Å². The summed E-state index contributed by atoms with van der Waals surface area (Å²) < 4.78 is 0. The highest BCUT2D eigenvalue weighted by molar-refractivity contribution is 5.93. The standard InChI is InChI=1S/C11H14N4O/c1-3-15(7-9(2)4-12)11(16)10-5-13-8-14-6-10/h5-6,8-9H,3,7H2,1-2H3. The largest absolute Gasteiger partial charge is 0.338 e. The molecule has 0 aliphatic carbocycles. The van der Waals surface area contributed by atoms with Crippen molar-refractivity contribution in [2.75, 3.05) is 13.1 Å². The van der Waals surface area contributed by atoms with Crippen LogP contribution in [0, 0.1) is 17.2 Å². The molecule has 1 aromatic heterocycles. The van der Waals surface area contributed by atoms with Crippen LogP contribution in [0.1, 0.15) is 24.2 Å². The van der Waals surface area contributed by atoms with E-state index < -0.39 is 0 Å². The number of aromatic nitrogens is 2. The molecule has 1 aromatic rings. The van der Waals surface area contributed by atoms with Crippen LogP contribution < -0.4 is 0 Å². The lowest BCUT2D eigenvalue weighted by Crippen LogP contribution is -2.34. The molecule has 1 amide bonds. The summed E-state index contributed by atoms with van der Waals surface area (Å²) in [7, 11) is 0. The van der Waals surface area contributed by atoms with E-state index in [0.717, 1.165) is 0 Å². The van der Waals surface area contributed by atoms with Crippen LogP contribution in [0.25, 0.3) is 0 Å². The molecule has 0 aliphatic rings. The Balaban J connectivity index is 2.75. The van der Waals surface area contributed by atoms with Crippen molar-refractivity contribution in [3.8, 4) is 6.07 Å². The van der Waals surface area contributed by atoms with E-state index in [1.165, 1.54) is 18.7 Å². The molecule has 1 heterocycles. The van der Waals surface area contributed by atoms with Crippen LogP contribution in [0.15, 0.2) is 18.7 Å². The van der Waals surface area contributed by atoms with Crippen molar-refractivity contribution in [3.63, 3.8) is 0 Å². The van der Waals surface area contributed by atoms with E-state index >= 15 is 0 Å². The molecule has 0 spiro atoms. The van der Waals surface area contributed by atoms with Gasteiger partial charge in [-0.15, -0.1) is 0 Å². The Hall–Kier alpha value is -1.96.